The standard InChI is InChI=1S/C30H26F6/c1-19-2-4-20(5-3-19)6-7-21-8-10-22(11-9-21)23-12-13-25(27(31)16-23)24-17-28(32)26(29(33)18-24)14-15-30(34,35)36/h8-13,16-20H,2-7H2,1H3. The fourth-order valence-electron chi connectivity index (χ4n) is 4.76. The van der Waals surface area contributed by atoms with E-state index in [1.807, 2.05) is 24.3 Å². The van der Waals surface area contributed by atoms with Crippen LogP contribution in [-0.2, 0) is 6.42 Å². The minimum absolute atomic E-state index is 0.0645. The summed E-state index contributed by atoms with van der Waals surface area (Å²) in [6.07, 6.45) is 2.49. The van der Waals surface area contributed by atoms with Gasteiger partial charge in [0.1, 0.15) is 17.5 Å². The Balaban J connectivity index is 1.47. The molecule has 1 fully saturated rings. The molecule has 0 radical (unpaired) electrons. The van der Waals surface area contributed by atoms with Gasteiger partial charge < -0.3 is 0 Å². The van der Waals surface area contributed by atoms with Crippen molar-refractivity contribution >= 4 is 0 Å². The molecule has 3 aromatic rings. The molecule has 3 aromatic carbocycles. The Labute approximate surface area is 207 Å². The largest absolute Gasteiger partial charge is 0.458 e. The van der Waals surface area contributed by atoms with E-state index < -0.39 is 29.2 Å². The van der Waals surface area contributed by atoms with Crippen molar-refractivity contribution in [2.24, 2.45) is 11.8 Å². The van der Waals surface area contributed by atoms with E-state index in [2.05, 4.69) is 6.92 Å². The summed E-state index contributed by atoms with van der Waals surface area (Å²) in [6, 6.07) is 13.8. The number of alkyl halides is 3. The number of aryl methyl sites for hydroxylation is 1. The van der Waals surface area contributed by atoms with Gasteiger partial charge in [-0.15, -0.1) is 0 Å². The Hall–Kier alpha value is -3.20. The van der Waals surface area contributed by atoms with Crippen molar-refractivity contribution in [2.75, 3.05) is 0 Å². The predicted octanol–water partition coefficient (Wildman–Crippen LogP) is 9.11. The molecular formula is C30H26F6. The molecule has 0 aliphatic heterocycles. The summed E-state index contributed by atoms with van der Waals surface area (Å²) in [7, 11) is 0. The molecule has 0 spiro atoms. The van der Waals surface area contributed by atoms with Crippen molar-refractivity contribution in [2.45, 2.75) is 51.6 Å². The molecular weight excluding hydrogens is 474 g/mol. The molecule has 0 saturated heterocycles. The van der Waals surface area contributed by atoms with Gasteiger partial charge in [0.25, 0.3) is 0 Å². The molecule has 0 aromatic heterocycles. The zero-order chi connectivity index (χ0) is 25.9. The van der Waals surface area contributed by atoms with Gasteiger partial charge in [-0.05, 0) is 65.1 Å². The third kappa shape index (κ3) is 6.51. The first-order chi connectivity index (χ1) is 17.1. The molecule has 188 valence electrons. The van der Waals surface area contributed by atoms with Crippen molar-refractivity contribution in [1.82, 2.24) is 0 Å². The molecule has 6 heteroatoms. The normalized spacial score (nSPS) is 18.0. The first-order valence-corrected chi connectivity index (χ1v) is 12.1. The number of benzene rings is 3. The Morgan fingerprint density at radius 2 is 1.33 bits per heavy atom. The average Bonchev–Trinajstić information content (AvgIpc) is 2.82. The second kappa shape index (κ2) is 10.8. The second-order valence-electron chi connectivity index (χ2n) is 9.62. The molecule has 0 bridgehead atoms. The highest BCUT2D eigenvalue weighted by Crippen LogP contribution is 2.33. The lowest BCUT2D eigenvalue weighted by Gasteiger charge is -2.26. The molecule has 0 amide bonds. The summed E-state index contributed by atoms with van der Waals surface area (Å²) >= 11 is 0. The number of rotatable bonds is 5. The van der Waals surface area contributed by atoms with Gasteiger partial charge in [-0.3, -0.25) is 0 Å². The van der Waals surface area contributed by atoms with E-state index in [0.29, 0.717) is 5.56 Å². The minimum atomic E-state index is -4.88. The van der Waals surface area contributed by atoms with Crippen molar-refractivity contribution in [3.8, 4) is 34.1 Å². The molecule has 0 nitrogen and oxygen atoms in total. The van der Waals surface area contributed by atoms with Gasteiger partial charge in [0.05, 0.1) is 5.56 Å². The van der Waals surface area contributed by atoms with E-state index in [1.165, 1.54) is 55.7 Å². The van der Waals surface area contributed by atoms with Gasteiger partial charge in [-0.1, -0.05) is 74.9 Å². The topological polar surface area (TPSA) is 0 Å². The highest BCUT2D eigenvalue weighted by Gasteiger charge is 2.24. The van der Waals surface area contributed by atoms with Crippen LogP contribution >= 0.6 is 0 Å². The Morgan fingerprint density at radius 3 is 1.92 bits per heavy atom. The third-order valence-electron chi connectivity index (χ3n) is 6.92. The van der Waals surface area contributed by atoms with Crippen molar-refractivity contribution in [3.05, 3.63) is 83.2 Å². The number of hydrogen-bond donors (Lipinski definition) is 0. The maximum absolute atomic E-state index is 14.9. The van der Waals surface area contributed by atoms with Crippen molar-refractivity contribution in [3.63, 3.8) is 0 Å². The molecule has 1 aliphatic carbocycles. The van der Waals surface area contributed by atoms with Crippen molar-refractivity contribution < 1.29 is 26.3 Å². The van der Waals surface area contributed by atoms with E-state index >= 15 is 0 Å². The lowest BCUT2D eigenvalue weighted by molar-refractivity contribution is -0.0696. The summed E-state index contributed by atoms with van der Waals surface area (Å²) in [6.45, 7) is 2.31. The van der Waals surface area contributed by atoms with E-state index in [-0.39, 0.29) is 11.1 Å². The lowest BCUT2D eigenvalue weighted by atomic mass is 9.80. The smallest absolute Gasteiger partial charge is 0.206 e. The summed E-state index contributed by atoms with van der Waals surface area (Å²) in [5.41, 5.74) is 1.45. The van der Waals surface area contributed by atoms with Crippen LogP contribution in [0.25, 0.3) is 22.3 Å². The quantitative estimate of drug-likeness (QED) is 0.242. The molecule has 1 aliphatic rings. The van der Waals surface area contributed by atoms with Crippen molar-refractivity contribution in [1.29, 1.82) is 0 Å². The van der Waals surface area contributed by atoms with E-state index in [1.54, 1.807) is 6.07 Å². The van der Waals surface area contributed by atoms with Crippen LogP contribution in [0.3, 0.4) is 0 Å². The molecule has 1 saturated carbocycles. The van der Waals surface area contributed by atoms with E-state index in [0.717, 1.165) is 41.9 Å². The predicted molar refractivity (Wildman–Crippen MR) is 130 cm³/mol. The van der Waals surface area contributed by atoms with Gasteiger partial charge in [-0.25, -0.2) is 13.2 Å². The zero-order valence-corrected chi connectivity index (χ0v) is 19.9. The van der Waals surface area contributed by atoms with Crippen LogP contribution in [-0.4, -0.2) is 6.18 Å². The fourth-order valence-corrected chi connectivity index (χ4v) is 4.76. The van der Waals surface area contributed by atoms with Crippen LogP contribution in [0.4, 0.5) is 26.3 Å². The first kappa shape index (κ1) is 25.9. The summed E-state index contributed by atoms with van der Waals surface area (Å²) in [5, 5.41) is 0. The van der Waals surface area contributed by atoms with Crippen LogP contribution in [0.1, 0.15) is 50.2 Å². The van der Waals surface area contributed by atoms with Gasteiger partial charge in [0, 0.05) is 11.5 Å². The van der Waals surface area contributed by atoms with Crippen LogP contribution in [0.15, 0.2) is 54.6 Å². The maximum atomic E-state index is 14.9. The monoisotopic (exact) mass is 500 g/mol. The van der Waals surface area contributed by atoms with E-state index in [4.69, 9.17) is 0 Å². The molecule has 0 unspecified atom stereocenters. The SMILES string of the molecule is CC1CCC(CCc2ccc(-c3ccc(-c4cc(F)c(C#CC(F)(F)F)c(F)c4)c(F)c3)cc2)CC1. The molecule has 4 rings (SSSR count). The van der Waals surface area contributed by atoms with Gasteiger partial charge >= 0.3 is 6.18 Å². The van der Waals surface area contributed by atoms with Gasteiger partial charge in [-0.2, -0.15) is 13.2 Å². The molecule has 0 atom stereocenters. The second-order valence-corrected chi connectivity index (χ2v) is 9.62. The highest BCUT2D eigenvalue weighted by atomic mass is 19.4. The Bertz CT molecular complexity index is 1250. The summed E-state index contributed by atoms with van der Waals surface area (Å²) < 4.78 is 80.2. The lowest BCUT2D eigenvalue weighted by Crippen LogP contribution is -2.12. The average molecular weight is 501 g/mol. The van der Waals surface area contributed by atoms with Crippen LogP contribution < -0.4 is 0 Å². The number of halogens is 6. The maximum Gasteiger partial charge on any atom is 0.458 e. The van der Waals surface area contributed by atoms with Gasteiger partial charge in [0.2, 0.25) is 0 Å². The number of hydrogen-bond acceptors (Lipinski definition) is 0. The van der Waals surface area contributed by atoms with Gasteiger partial charge in [0.15, 0.2) is 0 Å². The Morgan fingerprint density at radius 1 is 0.750 bits per heavy atom. The molecule has 0 N–H and O–H groups in total. The minimum Gasteiger partial charge on any atom is -0.206 e. The van der Waals surface area contributed by atoms with Crippen LogP contribution in [0.2, 0.25) is 0 Å². The zero-order valence-electron chi connectivity index (χ0n) is 19.9. The molecule has 0 heterocycles. The van der Waals surface area contributed by atoms with Crippen LogP contribution in [0, 0.1) is 41.1 Å². The molecule has 36 heavy (non-hydrogen) atoms. The fraction of sp³-hybridized carbons (Fsp3) is 0.333. The summed E-state index contributed by atoms with van der Waals surface area (Å²) in [5.74, 6) is 0.643. The first-order valence-electron chi connectivity index (χ1n) is 12.1. The highest BCUT2D eigenvalue weighted by molar-refractivity contribution is 5.71. The van der Waals surface area contributed by atoms with E-state index in [9.17, 15) is 26.3 Å². The van der Waals surface area contributed by atoms with Crippen LogP contribution in [0.5, 0.6) is 0 Å². The third-order valence-corrected chi connectivity index (χ3v) is 6.92. The summed E-state index contributed by atoms with van der Waals surface area (Å²) in [4.78, 5) is 0. The Kier molecular flexibility index (Phi) is 7.78.